The number of pyridine rings is 1. The first-order valence-corrected chi connectivity index (χ1v) is 9.05. The second-order valence-corrected chi connectivity index (χ2v) is 7.53. The lowest BCUT2D eigenvalue weighted by Gasteiger charge is -2.17. The Morgan fingerprint density at radius 2 is 2.33 bits per heavy atom. The summed E-state index contributed by atoms with van der Waals surface area (Å²) in [6, 6.07) is 4.69. The molecule has 0 aliphatic carbocycles. The molecule has 21 heavy (non-hydrogen) atoms. The molecule has 4 heterocycles. The van der Waals surface area contributed by atoms with E-state index in [1.807, 2.05) is 12.3 Å². The zero-order valence-corrected chi connectivity index (χ0v) is 13.4. The molecule has 0 amide bonds. The highest BCUT2D eigenvalue weighted by molar-refractivity contribution is 7.99. The molecule has 2 aromatic rings. The fraction of sp³-hybridized carbons (Fsp3) is 0.625. The molecule has 2 aliphatic heterocycles. The molecule has 2 aliphatic rings. The van der Waals surface area contributed by atoms with Crippen molar-refractivity contribution in [3.8, 4) is 0 Å². The minimum absolute atomic E-state index is 0.587. The second kappa shape index (κ2) is 5.61. The van der Waals surface area contributed by atoms with Crippen molar-refractivity contribution in [1.29, 1.82) is 0 Å². The van der Waals surface area contributed by atoms with E-state index in [2.05, 4.69) is 39.3 Å². The van der Waals surface area contributed by atoms with Gasteiger partial charge in [0.05, 0.1) is 0 Å². The lowest BCUT2D eigenvalue weighted by molar-refractivity contribution is 0.389. The number of imidazole rings is 1. The smallest absolute Gasteiger partial charge is 0.160 e. The van der Waals surface area contributed by atoms with Crippen LogP contribution in [0, 0.1) is 5.92 Å². The van der Waals surface area contributed by atoms with Gasteiger partial charge in [0.15, 0.2) is 5.65 Å². The van der Waals surface area contributed by atoms with Crippen LogP contribution < -0.4 is 0 Å². The Balaban J connectivity index is 1.70. The van der Waals surface area contributed by atoms with Crippen LogP contribution in [0.1, 0.15) is 24.7 Å². The highest BCUT2D eigenvalue weighted by Gasteiger charge is 2.27. The van der Waals surface area contributed by atoms with Gasteiger partial charge in [-0.05, 0) is 50.2 Å². The van der Waals surface area contributed by atoms with Gasteiger partial charge in [-0.2, -0.15) is 11.8 Å². The largest absolute Gasteiger partial charge is 0.309 e. The first-order valence-electron chi connectivity index (χ1n) is 7.89. The first-order chi connectivity index (χ1) is 10.3. The molecule has 2 unspecified atom stereocenters. The minimum Gasteiger partial charge on any atom is -0.309 e. The van der Waals surface area contributed by atoms with E-state index < -0.39 is 0 Å². The zero-order valence-electron chi connectivity index (χ0n) is 12.5. The Kier molecular flexibility index (Phi) is 3.63. The molecule has 2 saturated heterocycles. The van der Waals surface area contributed by atoms with Gasteiger partial charge >= 0.3 is 0 Å². The summed E-state index contributed by atoms with van der Waals surface area (Å²) in [7, 11) is 2.22. The molecular formula is C16H22N4S. The lowest BCUT2D eigenvalue weighted by atomic mass is 10.0. The Bertz CT molecular complexity index is 632. The van der Waals surface area contributed by atoms with Crippen molar-refractivity contribution in [2.24, 2.45) is 5.92 Å². The molecule has 5 heteroatoms. The third kappa shape index (κ3) is 2.57. The maximum Gasteiger partial charge on any atom is 0.160 e. The van der Waals surface area contributed by atoms with Crippen LogP contribution in [0.3, 0.4) is 0 Å². The van der Waals surface area contributed by atoms with E-state index in [0.29, 0.717) is 6.04 Å². The highest BCUT2D eigenvalue weighted by atomic mass is 32.2. The fourth-order valence-electron chi connectivity index (χ4n) is 3.68. The Labute approximate surface area is 129 Å². The van der Waals surface area contributed by atoms with Crippen molar-refractivity contribution >= 4 is 22.9 Å². The van der Waals surface area contributed by atoms with Crippen LogP contribution in [0.25, 0.3) is 11.2 Å². The topological polar surface area (TPSA) is 34.0 Å². The normalized spacial score (nSPS) is 26.9. The molecule has 112 valence electrons. The van der Waals surface area contributed by atoms with Crippen molar-refractivity contribution in [3.63, 3.8) is 0 Å². The molecule has 0 bridgehead atoms. The van der Waals surface area contributed by atoms with Crippen molar-refractivity contribution in [1.82, 2.24) is 19.4 Å². The summed E-state index contributed by atoms with van der Waals surface area (Å²) in [5, 5.41) is 0. The number of hydrogen-bond donors (Lipinski definition) is 0. The third-order valence-corrected chi connectivity index (χ3v) is 5.90. The van der Waals surface area contributed by atoms with Gasteiger partial charge < -0.3 is 9.47 Å². The van der Waals surface area contributed by atoms with Gasteiger partial charge in [-0.25, -0.2) is 9.97 Å². The van der Waals surface area contributed by atoms with E-state index in [4.69, 9.17) is 4.98 Å². The molecular weight excluding hydrogens is 280 g/mol. The van der Waals surface area contributed by atoms with Gasteiger partial charge in [0.2, 0.25) is 0 Å². The summed E-state index contributed by atoms with van der Waals surface area (Å²) >= 11 is 2.06. The number of aromatic nitrogens is 3. The number of hydrogen-bond acceptors (Lipinski definition) is 4. The fourth-order valence-corrected chi connectivity index (χ4v) is 4.87. The van der Waals surface area contributed by atoms with E-state index in [-0.39, 0.29) is 0 Å². The molecule has 4 rings (SSSR count). The van der Waals surface area contributed by atoms with E-state index in [1.54, 1.807) is 0 Å². The number of fused-ring (bicyclic) bond motifs is 1. The van der Waals surface area contributed by atoms with Gasteiger partial charge in [-0.15, -0.1) is 0 Å². The average molecular weight is 302 g/mol. The van der Waals surface area contributed by atoms with E-state index >= 15 is 0 Å². The molecule has 2 atom stereocenters. The van der Waals surface area contributed by atoms with Gasteiger partial charge in [-0.1, -0.05) is 0 Å². The molecule has 2 aromatic heterocycles. The summed E-state index contributed by atoms with van der Waals surface area (Å²) < 4.78 is 2.45. The maximum atomic E-state index is 4.92. The number of rotatable bonds is 3. The molecule has 4 nitrogen and oxygen atoms in total. The molecule has 0 aromatic carbocycles. The van der Waals surface area contributed by atoms with E-state index in [9.17, 15) is 0 Å². The van der Waals surface area contributed by atoms with Crippen LogP contribution in [0.5, 0.6) is 0 Å². The van der Waals surface area contributed by atoms with Gasteiger partial charge in [0.1, 0.15) is 11.3 Å². The number of nitrogens with zero attached hydrogens (tertiary/aromatic N) is 4. The van der Waals surface area contributed by atoms with Crippen LogP contribution in [-0.4, -0.2) is 51.1 Å². The quantitative estimate of drug-likeness (QED) is 0.873. The monoisotopic (exact) mass is 302 g/mol. The van der Waals surface area contributed by atoms with Crippen molar-refractivity contribution in [2.45, 2.75) is 25.3 Å². The summed E-state index contributed by atoms with van der Waals surface area (Å²) in [4.78, 5) is 12.0. The van der Waals surface area contributed by atoms with Gasteiger partial charge in [0.25, 0.3) is 0 Å². The summed E-state index contributed by atoms with van der Waals surface area (Å²) in [5.41, 5.74) is 2.15. The van der Waals surface area contributed by atoms with Crippen LogP contribution >= 0.6 is 11.8 Å². The molecule has 0 radical (unpaired) electrons. The standard InChI is InChI=1S/C16H22N4S/c1-19-7-4-12(10-19)9-15-18-14-3-2-6-17-16(14)20(15)13-5-8-21-11-13/h2-3,6,12-13H,4-5,7-11H2,1H3. The highest BCUT2D eigenvalue weighted by Crippen LogP contribution is 2.32. The molecule has 0 saturated carbocycles. The van der Waals surface area contributed by atoms with Gasteiger partial charge in [0, 0.05) is 31.0 Å². The predicted octanol–water partition coefficient (Wildman–Crippen LogP) is 2.60. The van der Waals surface area contributed by atoms with Crippen molar-refractivity contribution in [2.75, 3.05) is 31.6 Å². The number of thioether (sulfide) groups is 1. The van der Waals surface area contributed by atoms with Crippen LogP contribution in [0.15, 0.2) is 18.3 Å². The summed E-state index contributed by atoms with van der Waals surface area (Å²) in [6.45, 7) is 2.43. The SMILES string of the molecule is CN1CCC(Cc2nc3cccnc3n2C2CCSC2)C1. The maximum absolute atomic E-state index is 4.92. The Morgan fingerprint density at radius 3 is 3.10 bits per heavy atom. The molecule has 2 fully saturated rings. The van der Waals surface area contributed by atoms with E-state index in [0.717, 1.165) is 23.5 Å². The molecule has 0 spiro atoms. The average Bonchev–Trinajstić information content (AvgIpc) is 3.18. The van der Waals surface area contributed by atoms with E-state index in [1.165, 1.54) is 43.3 Å². The van der Waals surface area contributed by atoms with Crippen molar-refractivity contribution in [3.05, 3.63) is 24.2 Å². The van der Waals surface area contributed by atoms with Crippen LogP contribution in [0.4, 0.5) is 0 Å². The predicted molar refractivity (Wildman–Crippen MR) is 87.8 cm³/mol. The first kappa shape index (κ1) is 13.6. The molecule has 0 N–H and O–H groups in total. The zero-order chi connectivity index (χ0) is 14.2. The summed E-state index contributed by atoms with van der Waals surface area (Å²) in [5.74, 6) is 4.48. The van der Waals surface area contributed by atoms with Crippen LogP contribution in [-0.2, 0) is 6.42 Å². The Morgan fingerprint density at radius 1 is 1.38 bits per heavy atom. The summed E-state index contributed by atoms with van der Waals surface area (Å²) in [6.07, 6.45) is 5.55. The Hall–Kier alpha value is -1.07. The van der Waals surface area contributed by atoms with Gasteiger partial charge in [-0.3, -0.25) is 0 Å². The number of likely N-dealkylation sites (tertiary alicyclic amines) is 1. The minimum atomic E-state index is 0.587. The van der Waals surface area contributed by atoms with Crippen molar-refractivity contribution < 1.29 is 0 Å². The second-order valence-electron chi connectivity index (χ2n) is 6.38. The lowest BCUT2D eigenvalue weighted by Crippen LogP contribution is -2.18. The third-order valence-electron chi connectivity index (χ3n) is 4.75. The van der Waals surface area contributed by atoms with Crippen LogP contribution in [0.2, 0.25) is 0 Å².